The monoisotopic (exact) mass is 297 g/mol. The summed E-state index contributed by atoms with van der Waals surface area (Å²) in [6, 6.07) is 14.5. The lowest BCUT2D eigenvalue weighted by molar-refractivity contribution is 0.566. The summed E-state index contributed by atoms with van der Waals surface area (Å²) < 4.78 is 2.07. The van der Waals surface area contributed by atoms with Gasteiger partial charge in [0, 0.05) is 34.9 Å². The van der Waals surface area contributed by atoms with Gasteiger partial charge >= 0.3 is 0 Å². The van der Waals surface area contributed by atoms with Gasteiger partial charge in [-0.1, -0.05) is 38.1 Å². The molecule has 0 amide bonds. The van der Waals surface area contributed by atoms with Gasteiger partial charge in [0.2, 0.25) is 5.95 Å². The van der Waals surface area contributed by atoms with Crippen LogP contribution in [0, 0.1) is 0 Å². The van der Waals surface area contributed by atoms with Crippen LogP contribution >= 0.6 is 11.3 Å². The van der Waals surface area contributed by atoms with Crippen molar-refractivity contribution in [2.45, 2.75) is 19.3 Å². The summed E-state index contributed by atoms with van der Waals surface area (Å²) in [5, 5.41) is 5.61. The Morgan fingerprint density at radius 3 is 2.67 bits per heavy atom. The average molecular weight is 297 g/mol. The number of thiophene rings is 1. The van der Waals surface area contributed by atoms with Crippen molar-refractivity contribution in [2.24, 2.45) is 0 Å². The molecule has 3 aromatic rings. The number of nitrogens with zero attached hydrogens (tertiary/aromatic N) is 2. The Kier molecular flexibility index (Phi) is 3.80. The van der Waals surface area contributed by atoms with Crippen LogP contribution in [0.25, 0.3) is 5.69 Å². The second kappa shape index (κ2) is 5.74. The van der Waals surface area contributed by atoms with Gasteiger partial charge < -0.3 is 5.32 Å². The smallest absolute Gasteiger partial charge is 0.207 e. The molecule has 21 heavy (non-hydrogen) atoms. The maximum atomic E-state index is 4.43. The van der Waals surface area contributed by atoms with Crippen molar-refractivity contribution in [2.75, 3.05) is 11.9 Å². The van der Waals surface area contributed by atoms with Crippen LogP contribution in [-0.2, 0) is 5.41 Å². The summed E-state index contributed by atoms with van der Waals surface area (Å²) in [4.78, 5) is 5.81. The van der Waals surface area contributed by atoms with Crippen molar-refractivity contribution < 1.29 is 0 Å². The molecule has 0 saturated carbocycles. The SMILES string of the molecule is CC(C)(CNc1nccn1-c1ccccc1)c1cccs1. The quantitative estimate of drug-likeness (QED) is 0.760. The summed E-state index contributed by atoms with van der Waals surface area (Å²) in [6.45, 7) is 5.35. The number of para-hydroxylation sites is 1. The molecule has 0 radical (unpaired) electrons. The van der Waals surface area contributed by atoms with E-state index in [0.717, 1.165) is 18.2 Å². The standard InChI is InChI=1S/C17H19N3S/c1-17(2,15-9-6-12-21-15)13-19-16-18-10-11-20(16)14-7-4-3-5-8-14/h3-12H,13H2,1-2H3,(H,18,19). The van der Waals surface area contributed by atoms with Crippen LogP contribution in [0.1, 0.15) is 18.7 Å². The van der Waals surface area contributed by atoms with E-state index in [4.69, 9.17) is 0 Å². The van der Waals surface area contributed by atoms with Crippen LogP contribution in [0.2, 0.25) is 0 Å². The molecular formula is C17H19N3S. The van der Waals surface area contributed by atoms with E-state index in [2.05, 4.69) is 58.4 Å². The first-order valence-corrected chi connectivity index (χ1v) is 7.91. The first-order chi connectivity index (χ1) is 10.2. The minimum absolute atomic E-state index is 0.0850. The number of nitrogens with one attached hydrogen (secondary N) is 1. The molecule has 108 valence electrons. The third-order valence-electron chi connectivity index (χ3n) is 3.55. The third-order valence-corrected chi connectivity index (χ3v) is 4.79. The van der Waals surface area contributed by atoms with Gasteiger partial charge in [0.05, 0.1) is 0 Å². The molecule has 0 aliphatic rings. The van der Waals surface area contributed by atoms with Crippen LogP contribution < -0.4 is 5.32 Å². The zero-order valence-corrected chi connectivity index (χ0v) is 13.1. The zero-order chi connectivity index (χ0) is 14.7. The Balaban J connectivity index is 1.77. The Bertz CT molecular complexity index is 684. The number of rotatable bonds is 5. The van der Waals surface area contributed by atoms with Gasteiger partial charge in [0.15, 0.2) is 0 Å². The molecule has 0 bridgehead atoms. The molecule has 4 heteroatoms. The largest absolute Gasteiger partial charge is 0.354 e. The van der Waals surface area contributed by atoms with E-state index >= 15 is 0 Å². The van der Waals surface area contributed by atoms with Crippen molar-refractivity contribution in [3.63, 3.8) is 0 Å². The van der Waals surface area contributed by atoms with Gasteiger partial charge in [-0.15, -0.1) is 11.3 Å². The maximum absolute atomic E-state index is 4.43. The maximum Gasteiger partial charge on any atom is 0.207 e. The number of aromatic nitrogens is 2. The Morgan fingerprint density at radius 1 is 1.14 bits per heavy atom. The number of anilines is 1. The molecule has 0 aliphatic heterocycles. The van der Waals surface area contributed by atoms with Crippen LogP contribution in [0.5, 0.6) is 0 Å². The van der Waals surface area contributed by atoms with Gasteiger partial charge in [0.1, 0.15) is 0 Å². The van der Waals surface area contributed by atoms with Gasteiger partial charge in [-0.05, 0) is 23.6 Å². The molecule has 0 atom stereocenters. The van der Waals surface area contributed by atoms with E-state index in [1.807, 2.05) is 30.6 Å². The van der Waals surface area contributed by atoms with E-state index in [1.54, 1.807) is 11.3 Å². The second-order valence-corrected chi connectivity index (χ2v) is 6.62. The normalized spacial score (nSPS) is 11.5. The van der Waals surface area contributed by atoms with E-state index in [9.17, 15) is 0 Å². The summed E-state index contributed by atoms with van der Waals surface area (Å²) in [5.41, 5.74) is 1.20. The lowest BCUT2D eigenvalue weighted by atomic mass is 9.91. The molecule has 0 spiro atoms. The van der Waals surface area contributed by atoms with Crippen molar-refractivity contribution in [3.05, 3.63) is 65.1 Å². The van der Waals surface area contributed by atoms with Crippen LogP contribution in [0.4, 0.5) is 5.95 Å². The Morgan fingerprint density at radius 2 is 1.95 bits per heavy atom. The van der Waals surface area contributed by atoms with Gasteiger partial charge in [0.25, 0.3) is 0 Å². The third kappa shape index (κ3) is 3.00. The second-order valence-electron chi connectivity index (χ2n) is 5.67. The highest BCUT2D eigenvalue weighted by molar-refractivity contribution is 7.10. The molecule has 0 fully saturated rings. The fraction of sp³-hybridized carbons (Fsp3) is 0.235. The van der Waals surface area contributed by atoms with E-state index in [-0.39, 0.29) is 5.41 Å². The van der Waals surface area contributed by atoms with E-state index in [0.29, 0.717) is 0 Å². The topological polar surface area (TPSA) is 29.9 Å². The predicted octanol–water partition coefficient (Wildman–Crippen LogP) is 4.32. The van der Waals surface area contributed by atoms with Gasteiger partial charge in [-0.25, -0.2) is 4.98 Å². The number of hydrogen-bond donors (Lipinski definition) is 1. The minimum atomic E-state index is 0.0850. The summed E-state index contributed by atoms with van der Waals surface area (Å²) in [7, 11) is 0. The number of benzene rings is 1. The van der Waals surface area contributed by atoms with Crippen molar-refractivity contribution in [1.29, 1.82) is 0 Å². The summed E-state index contributed by atoms with van der Waals surface area (Å²) in [5.74, 6) is 0.880. The zero-order valence-electron chi connectivity index (χ0n) is 12.3. The van der Waals surface area contributed by atoms with Crippen LogP contribution in [-0.4, -0.2) is 16.1 Å². The average Bonchev–Trinajstić information content (AvgIpc) is 3.18. The highest BCUT2D eigenvalue weighted by atomic mass is 32.1. The predicted molar refractivity (Wildman–Crippen MR) is 89.4 cm³/mol. The molecule has 0 unspecified atom stereocenters. The van der Waals surface area contributed by atoms with E-state index < -0.39 is 0 Å². The number of hydrogen-bond acceptors (Lipinski definition) is 3. The highest BCUT2D eigenvalue weighted by Gasteiger charge is 2.22. The molecular weight excluding hydrogens is 278 g/mol. The fourth-order valence-electron chi connectivity index (χ4n) is 2.28. The Hall–Kier alpha value is -2.07. The number of imidazole rings is 1. The van der Waals surface area contributed by atoms with Crippen molar-refractivity contribution >= 4 is 17.3 Å². The fourth-order valence-corrected chi connectivity index (χ4v) is 3.13. The molecule has 2 aromatic heterocycles. The van der Waals surface area contributed by atoms with Crippen LogP contribution in [0.3, 0.4) is 0 Å². The molecule has 1 aromatic carbocycles. The van der Waals surface area contributed by atoms with E-state index in [1.165, 1.54) is 4.88 Å². The van der Waals surface area contributed by atoms with Crippen molar-refractivity contribution in [1.82, 2.24) is 9.55 Å². The molecule has 3 rings (SSSR count). The molecule has 3 nitrogen and oxygen atoms in total. The first kappa shape index (κ1) is 13.9. The molecule has 2 heterocycles. The summed E-state index contributed by atoms with van der Waals surface area (Å²) >= 11 is 1.80. The molecule has 0 aliphatic carbocycles. The molecule has 0 saturated heterocycles. The first-order valence-electron chi connectivity index (χ1n) is 7.03. The lowest BCUT2D eigenvalue weighted by Crippen LogP contribution is -2.27. The van der Waals surface area contributed by atoms with Crippen LogP contribution in [0.15, 0.2) is 60.2 Å². The minimum Gasteiger partial charge on any atom is -0.354 e. The summed E-state index contributed by atoms with van der Waals surface area (Å²) in [6.07, 6.45) is 3.81. The lowest BCUT2D eigenvalue weighted by Gasteiger charge is -2.24. The van der Waals surface area contributed by atoms with Crippen molar-refractivity contribution in [3.8, 4) is 5.69 Å². The van der Waals surface area contributed by atoms with Gasteiger partial charge in [-0.2, -0.15) is 0 Å². The Labute approximate surface area is 129 Å². The highest BCUT2D eigenvalue weighted by Crippen LogP contribution is 2.27. The van der Waals surface area contributed by atoms with Gasteiger partial charge in [-0.3, -0.25) is 4.57 Å². The molecule has 1 N–H and O–H groups in total.